The lowest BCUT2D eigenvalue weighted by Crippen LogP contribution is -2.48. The first kappa shape index (κ1) is 16.9. The van der Waals surface area contributed by atoms with Gasteiger partial charge in [0.25, 0.3) is 0 Å². The van der Waals surface area contributed by atoms with Crippen LogP contribution in [0.3, 0.4) is 0 Å². The molecular weight excluding hydrogens is 320 g/mol. The van der Waals surface area contributed by atoms with Crippen molar-refractivity contribution in [3.05, 3.63) is 35.9 Å². The zero-order valence-electron chi connectivity index (χ0n) is 12.6. The van der Waals surface area contributed by atoms with E-state index in [2.05, 4.69) is 15.9 Å². The van der Waals surface area contributed by atoms with Gasteiger partial charge in [0.15, 0.2) is 10.1 Å². The molecule has 0 heterocycles. The zero-order chi connectivity index (χ0) is 15.6. The van der Waals surface area contributed by atoms with E-state index < -0.39 is 15.9 Å². The molecule has 0 bridgehead atoms. The standard InChI is InChI=1S/C16H21BrO3/c1-11(2)16(17,14(19)20-15(3,4)5)13(18)12-9-7-6-8-10-12/h6-11H,1-5H3. The molecule has 0 amide bonds. The van der Waals surface area contributed by atoms with E-state index in [4.69, 9.17) is 4.74 Å². The van der Waals surface area contributed by atoms with Crippen LogP contribution >= 0.6 is 15.9 Å². The van der Waals surface area contributed by atoms with Crippen LogP contribution in [-0.4, -0.2) is 21.7 Å². The summed E-state index contributed by atoms with van der Waals surface area (Å²) in [5.41, 5.74) is -0.147. The molecule has 0 N–H and O–H groups in total. The zero-order valence-corrected chi connectivity index (χ0v) is 14.2. The van der Waals surface area contributed by atoms with Gasteiger partial charge in [0.05, 0.1) is 0 Å². The van der Waals surface area contributed by atoms with Crippen molar-refractivity contribution in [1.29, 1.82) is 0 Å². The topological polar surface area (TPSA) is 43.4 Å². The van der Waals surface area contributed by atoms with E-state index in [-0.39, 0.29) is 11.7 Å². The minimum Gasteiger partial charge on any atom is -0.459 e. The molecule has 0 aromatic heterocycles. The van der Waals surface area contributed by atoms with Crippen molar-refractivity contribution >= 4 is 27.7 Å². The van der Waals surface area contributed by atoms with Crippen molar-refractivity contribution in [1.82, 2.24) is 0 Å². The first-order chi connectivity index (χ1) is 9.09. The number of benzene rings is 1. The van der Waals surface area contributed by atoms with Gasteiger partial charge in [-0.15, -0.1) is 0 Å². The number of Topliss-reactive ketones (excluding diaryl/α,β-unsaturated/α-hetero) is 1. The van der Waals surface area contributed by atoms with Crippen molar-refractivity contribution < 1.29 is 14.3 Å². The Bertz CT molecular complexity index is 488. The molecule has 0 saturated carbocycles. The van der Waals surface area contributed by atoms with E-state index >= 15 is 0 Å². The number of ketones is 1. The van der Waals surface area contributed by atoms with E-state index in [0.717, 1.165) is 0 Å². The van der Waals surface area contributed by atoms with Crippen LogP contribution in [0.5, 0.6) is 0 Å². The second kappa shape index (κ2) is 6.08. The Morgan fingerprint density at radius 2 is 1.60 bits per heavy atom. The third-order valence-electron chi connectivity index (χ3n) is 2.86. The van der Waals surface area contributed by atoms with Gasteiger partial charge in [-0.25, -0.2) is 0 Å². The smallest absolute Gasteiger partial charge is 0.331 e. The number of alkyl halides is 1. The van der Waals surface area contributed by atoms with Gasteiger partial charge in [-0.05, 0) is 26.7 Å². The van der Waals surface area contributed by atoms with E-state index in [0.29, 0.717) is 5.56 Å². The number of hydrogen-bond donors (Lipinski definition) is 0. The summed E-state index contributed by atoms with van der Waals surface area (Å²) in [7, 11) is 0. The fourth-order valence-corrected chi connectivity index (χ4v) is 2.05. The Kier molecular flexibility index (Phi) is 5.14. The van der Waals surface area contributed by atoms with Crippen LogP contribution in [-0.2, 0) is 9.53 Å². The van der Waals surface area contributed by atoms with Crippen molar-refractivity contribution in [2.24, 2.45) is 5.92 Å². The molecule has 20 heavy (non-hydrogen) atoms. The maximum atomic E-state index is 12.7. The molecule has 0 aliphatic rings. The molecule has 1 atom stereocenters. The predicted molar refractivity (Wildman–Crippen MR) is 83.1 cm³/mol. The minimum atomic E-state index is -1.36. The number of carbonyl (C=O) groups is 2. The molecule has 0 aliphatic carbocycles. The highest BCUT2D eigenvalue weighted by Gasteiger charge is 2.49. The summed E-state index contributed by atoms with van der Waals surface area (Å²) in [4.78, 5) is 25.1. The Balaban J connectivity index is 3.16. The number of rotatable bonds is 4. The average molecular weight is 341 g/mol. The van der Waals surface area contributed by atoms with Crippen LogP contribution in [0.1, 0.15) is 45.0 Å². The number of halogens is 1. The molecule has 0 spiro atoms. The number of hydrogen-bond acceptors (Lipinski definition) is 3. The van der Waals surface area contributed by atoms with Crippen LogP contribution in [0.25, 0.3) is 0 Å². The van der Waals surface area contributed by atoms with Crippen LogP contribution in [0.4, 0.5) is 0 Å². The molecule has 0 aliphatic heterocycles. The Labute approximate surface area is 128 Å². The molecule has 1 unspecified atom stereocenters. The van der Waals surface area contributed by atoms with Crippen LogP contribution in [0, 0.1) is 5.92 Å². The summed E-state index contributed by atoms with van der Waals surface area (Å²) in [6.45, 7) is 8.99. The summed E-state index contributed by atoms with van der Waals surface area (Å²) < 4.78 is 4.04. The molecule has 0 saturated heterocycles. The highest BCUT2D eigenvalue weighted by molar-refractivity contribution is 9.10. The van der Waals surface area contributed by atoms with E-state index in [1.807, 2.05) is 19.9 Å². The van der Waals surface area contributed by atoms with Crippen LogP contribution < -0.4 is 0 Å². The molecule has 4 heteroatoms. The van der Waals surface area contributed by atoms with Gasteiger partial charge < -0.3 is 4.74 Å². The first-order valence-corrected chi connectivity index (χ1v) is 7.40. The second-order valence-corrected chi connectivity index (χ2v) is 7.31. The monoisotopic (exact) mass is 340 g/mol. The van der Waals surface area contributed by atoms with E-state index in [9.17, 15) is 9.59 Å². The predicted octanol–water partition coefficient (Wildman–Crippen LogP) is 4.00. The summed E-state index contributed by atoms with van der Waals surface area (Å²) in [5, 5.41) is 0. The van der Waals surface area contributed by atoms with Gasteiger partial charge in [-0.3, -0.25) is 9.59 Å². The Morgan fingerprint density at radius 3 is 2.00 bits per heavy atom. The summed E-state index contributed by atoms with van der Waals surface area (Å²) in [5.74, 6) is -1.05. The summed E-state index contributed by atoms with van der Waals surface area (Å²) in [6.07, 6.45) is 0. The van der Waals surface area contributed by atoms with E-state index in [1.165, 1.54) is 0 Å². The quantitative estimate of drug-likeness (QED) is 0.360. The summed E-state index contributed by atoms with van der Waals surface area (Å²) in [6, 6.07) is 8.78. The molecule has 1 aromatic rings. The lowest BCUT2D eigenvalue weighted by atomic mass is 9.87. The average Bonchev–Trinajstić information content (AvgIpc) is 2.35. The maximum Gasteiger partial charge on any atom is 0.331 e. The molecule has 1 aromatic carbocycles. The second-order valence-electron chi connectivity index (χ2n) is 6.06. The largest absolute Gasteiger partial charge is 0.459 e. The third-order valence-corrected chi connectivity index (χ3v) is 4.46. The normalized spacial score (nSPS) is 14.8. The fraction of sp³-hybridized carbons (Fsp3) is 0.500. The molecular formula is C16H21BrO3. The third kappa shape index (κ3) is 3.69. The molecule has 0 radical (unpaired) electrons. The van der Waals surface area contributed by atoms with Gasteiger partial charge in [-0.2, -0.15) is 0 Å². The highest BCUT2D eigenvalue weighted by atomic mass is 79.9. The lowest BCUT2D eigenvalue weighted by molar-refractivity contribution is -0.157. The molecule has 110 valence electrons. The van der Waals surface area contributed by atoms with Crippen molar-refractivity contribution in [2.75, 3.05) is 0 Å². The molecule has 1 rings (SSSR count). The van der Waals surface area contributed by atoms with Crippen molar-refractivity contribution in [3.63, 3.8) is 0 Å². The number of esters is 1. The number of carbonyl (C=O) groups excluding carboxylic acids is 2. The minimum absolute atomic E-state index is 0.231. The molecule has 3 nitrogen and oxygen atoms in total. The van der Waals surface area contributed by atoms with Gasteiger partial charge >= 0.3 is 5.97 Å². The Morgan fingerprint density at radius 1 is 1.10 bits per heavy atom. The lowest BCUT2D eigenvalue weighted by Gasteiger charge is -2.31. The van der Waals surface area contributed by atoms with Gasteiger partial charge in [0.1, 0.15) is 5.60 Å². The maximum absolute atomic E-state index is 12.7. The summed E-state index contributed by atoms with van der Waals surface area (Å²) >= 11 is 3.35. The Hall–Kier alpha value is -1.16. The van der Waals surface area contributed by atoms with E-state index in [1.54, 1.807) is 45.0 Å². The van der Waals surface area contributed by atoms with Crippen molar-refractivity contribution in [2.45, 2.75) is 44.5 Å². The van der Waals surface area contributed by atoms with Gasteiger partial charge in [-0.1, -0.05) is 60.1 Å². The van der Waals surface area contributed by atoms with Gasteiger partial charge in [0.2, 0.25) is 0 Å². The van der Waals surface area contributed by atoms with Crippen molar-refractivity contribution in [3.8, 4) is 0 Å². The fourth-order valence-electron chi connectivity index (χ4n) is 1.74. The molecule has 0 fully saturated rings. The van der Waals surface area contributed by atoms with Crippen LogP contribution in [0.2, 0.25) is 0 Å². The first-order valence-electron chi connectivity index (χ1n) is 6.61. The van der Waals surface area contributed by atoms with Crippen LogP contribution in [0.15, 0.2) is 30.3 Å². The SMILES string of the molecule is CC(C)C(Br)(C(=O)OC(C)(C)C)C(=O)c1ccccc1. The van der Waals surface area contributed by atoms with Gasteiger partial charge in [0, 0.05) is 5.56 Å². The number of ether oxygens (including phenoxy) is 1. The highest BCUT2D eigenvalue weighted by Crippen LogP contribution is 2.34.